The molecule has 4 aliphatic carbocycles. The minimum atomic E-state index is -0.545. The molecule has 4 saturated carbocycles. The average Bonchev–Trinajstić information content (AvgIpc) is 3.54. The molecule has 4 bridgehead atoms. The Kier molecular flexibility index (Phi) is 5.36. The van der Waals surface area contributed by atoms with Gasteiger partial charge in [0.2, 0.25) is 0 Å². The predicted octanol–water partition coefficient (Wildman–Crippen LogP) is 6.51. The summed E-state index contributed by atoms with van der Waals surface area (Å²) in [4.78, 5) is 17.5. The summed E-state index contributed by atoms with van der Waals surface area (Å²) >= 11 is 0. The lowest BCUT2D eigenvalue weighted by molar-refractivity contribution is -0.135. The number of aromatic nitrogens is 2. The number of aliphatic hydroxyl groups excluding tert-OH is 1. The van der Waals surface area contributed by atoms with Crippen molar-refractivity contribution in [1.29, 1.82) is 0 Å². The number of anilines is 1. The quantitative estimate of drug-likeness (QED) is 0.272. The molecule has 1 aromatic heterocycles. The molecule has 4 atom stereocenters. The molecule has 5 aliphatic rings. The van der Waals surface area contributed by atoms with Crippen LogP contribution in [0.3, 0.4) is 0 Å². The van der Waals surface area contributed by atoms with Gasteiger partial charge in [0.05, 0.1) is 36.1 Å². The van der Waals surface area contributed by atoms with Gasteiger partial charge in [-0.05, 0) is 79.2 Å². The molecule has 2 heterocycles. The van der Waals surface area contributed by atoms with E-state index in [1.54, 1.807) is 18.6 Å². The van der Waals surface area contributed by atoms with Crippen LogP contribution in [0.15, 0.2) is 73.2 Å². The topological polar surface area (TPSA) is 79.2 Å². The third-order valence-corrected chi connectivity index (χ3v) is 10.5. The van der Waals surface area contributed by atoms with Crippen molar-refractivity contribution in [3.05, 3.63) is 84.6 Å². The zero-order valence-corrected chi connectivity index (χ0v) is 22.3. The van der Waals surface area contributed by atoms with Crippen molar-refractivity contribution < 1.29 is 14.3 Å². The van der Waals surface area contributed by atoms with E-state index in [2.05, 4.69) is 15.6 Å². The van der Waals surface area contributed by atoms with Crippen LogP contribution < -0.4 is 10.6 Å². The van der Waals surface area contributed by atoms with Crippen LogP contribution in [0.25, 0.3) is 22.0 Å². The van der Waals surface area contributed by atoms with E-state index in [0.29, 0.717) is 29.7 Å². The van der Waals surface area contributed by atoms with Gasteiger partial charge in [0.15, 0.2) is 0 Å². The van der Waals surface area contributed by atoms with Crippen molar-refractivity contribution in [2.75, 3.05) is 5.32 Å². The minimum absolute atomic E-state index is 0.108. The van der Waals surface area contributed by atoms with Gasteiger partial charge in [-0.25, -0.2) is 14.2 Å². The molecule has 2 amide bonds. The highest BCUT2D eigenvalue weighted by molar-refractivity contribution is 6.01. The number of rotatable bonds is 5. The fourth-order valence-corrected chi connectivity index (χ4v) is 9.07. The summed E-state index contributed by atoms with van der Waals surface area (Å²) in [5.74, 6) is 1.04. The van der Waals surface area contributed by atoms with Gasteiger partial charge in [-0.1, -0.05) is 48.5 Å². The summed E-state index contributed by atoms with van der Waals surface area (Å²) in [6.45, 7) is 0. The van der Waals surface area contributed by atoms with Crippen LogP contribution in [0.1, 0.15) is 50.1 Å². The average molecular weight is 537 g/mol. The lowest BCUT2D eigenvalue weighted by Crippen LogP contribution is -2.62. The number of fused-ring (bicyclic) bond motifs is 4. The van der Waals surface area contributed by atoms with Crippen LogP contribution in [-0.2, 0) is 0 Å². The van der Waals surface area contributed by atoms with Crippen LogP contribution in [0, 0.1) is 29.0 Å². The SMILES string of the molecule is O=C(Nc1cccc2ccccc12)NC1C2CC3CC1CC(C(O)CC1c4c(F)cccc4-c4cncn41)(C3)C2. The lowest BCUT2D eigenvalue weighted by Gasteiger charge is -2.61. The van der Waals surface area contributed by atoms with Gasteiger partial charge < -0.3 is 20.3 Å². The summed E-state index contributed by atoms with van der Waals surface area (Å²) in [7, 11) is 0. The predicted molar refractivity (Wildman–Crippen MR) is 152 cm³/mol. The molecule has 4 unspecified atom stereocenters. The molecule has 7 heteroatoms. The third kappa shape index (κ3) is 3.63. The van der Waals surface area contributed by atoms with Crippen LogP contribution in [0.5, 0.6) is 0 Å². The largest absolute Gasteiger partial charge is 0.392 e. The Balaban J connectivity index is 1.00. The highest BCUT2D eigenvalue weighted by Crippen LogP contribution is 2.62. The Labute approximate surface area is 232 Å². The highest BCUT2D eigenvalue weighted by atomic mass is 19.1. The third-order valence-electron chi connectivity index (χ3n) is 10.5. The zero-order valence-electron chi connectivity index (χ0n) is 22.3. The number of carbonyl (C=O) groups excluding carboxylic acids is 1. The van der Waals surface area contributed by atoms with Gasteiger partial charge in [-0.2, -0.15) is 0 Å². The maximum absolute atomic E-state index is 15.0. The van der Waals surface area contributed by atoms with E-state index < -0.39 is 6.10 Å². The van der Waals surface area contributed by atoms with Crippen LogP contribution in [0.4, 0.5) is 14.9 Å². The summed E-state index contributed by atoms with van der Waals surface area (Å²) in [5.41, 5.74) is 3.10. The molecule has 40 heavy (non-hydrogen) atoms. The van der Waals surface area contributed by atoms with Crippen molar-refractivity contribution in [3.63, 3.8) is 0 Å². The number of benzene rings is 3. The first-order chi connectivity index (χ1) is 19.5. The summed E-state index contributed by atoms with van der Waals surface area (Å²) < 4.78 is 17.1. The first-order valence-corrected chi connectivity index (χ1v) is 14.5. The van der Waals surface area contributed by atoms with E-state index in [1.807, 2.05) is 53.1 Å². The Morgan fingerprint density at radius 3 is 2.67 bits per heavy atom. The number of carbonyl (C=O) groups is 1. The Bertz CT molecular complexity index is 1610. The van der Waals surface area contributed by atoms with E-state index >= 15 is 4.39 Å². The van der Waals surface area contributed by atoms with Gasteiger partial charge in [0.1, 0.15) is 5.82 Å². The lowest BCUT2D eigenvalue weighted by atomic mass is 9.46. The molecule has 6 nitrogen and oxygen atoms in total. The van der Waals surface area contributed by atoms with Gasteiger partial charge in [0.25, 0.3) is 0 Å². The maximum atomic E-state index is 15.0. The number of halogens is 1. The zero-order chi connectivity index (χ0) is 27.0. The normalized spacial score (nSPS) is 30.2. The fraction of sp³-hybridized carbons (Fsp3) is 0.394. The minimum Gasteiger partial charge on any atom is -0.392 e. The molecule has 0 spiro atoms. The molecule has 0 radical (unpaired) electrons. The van der Waals surface area contributed by atoms with Crippen molar-refractivity contribution in [2.24, 2.45) is 23.2 Å². The molecule has 3 aromatic carbocycles. The standard InChI is InChI=1S/C33H33FN4O2/c34-25-9-4-8-24-28-17-35-18-38(28)27(30(24)25)13-29(39)33-14-19-11-21(15-33)31(22(12-19)16-33)37-32(40)36-26-10-3-6-20-5-1-2-7-23(20)26/h1-10,17-19,21-22,27,29,31,39H,11-16H2,(H2,36,37,40). The molecule has 1 aliphatic heterocycles. The van der Waals surface area contributed by atoms with Crippen LogP contribution >= 0.6 is 0 Å². The maximum Gasteiger partial charge on any atom is 0.319 e. The second kappa shape index (κ2) is 8.90. The van der Waals surface area contributed by atoms with Crippen molar-refractivity contribution in [1.82, 2.24) is 14.9 Å². The number of hydrogen-bond donors (Lipinski definition) is 3. The number of aliphatic hydroxyl groups is 1. The molecule has 4 aromatic rings. The fourth-order valence-electron chi connectivity index (χ4n) is 9.07. The summed E-state index contributed by atoms with van der Waals surface area (Å²) in [6.07, 6.45) is 8.48. The number of amides is 2. The first-order valence-electron chi connectivity index (χ1n) is 14.5. The molecule has 3 N–H and O–H groups in total. The number of urea groups is 1. The van der Waals surface area contributed by atoms with Gasteiger partial charge >= 0.3 is 6.03 Å². The monoisotopic (exact) mass is 536 g/mol. The second-order valence-corrected chi connectivity index (χ2v) is 12.6. The highest BCUT2D eigenvalue weighted by Gasteiger charge is 2.58. The Hall–Kier alpha value is -3.71. The van der Waals surface area contributed by atoms with E-state index in [0.717, 1.165) is 59.8 Å². The van der Waals surface area contributed by atoms with Crippen molar-refractivity contribution in [3.8, 4) is 11.3 Å². The molecular formula is C33H33FN4O2. The molecule has 0 saturated heterocycles. The van der Waals surface area contributed by atoms with Gasteiger partial charge in [-0.3, -0.25) is 0 Å². The first kappa shape index (κ1) is 24.1. The number of nitrogens with one attached hydrogen (secondary N) is 2. The molecule has 204 valence electrons. The second-order valence-electron chi connectivity index (χ2n) is 12.6. The molecule has 9 rings (SSSR count). The molecular weight excluding hydrogens is 503 g/mol. The van der Waals surface area contributed by atoms with Gasteiger partial charge in [0, 0.05) is 22.6 Å². The molecule has 4 fully saturated rings. The smallest absolute Gasteiger partial charge is 0.319 e. The van der Waals surface area contributed by atoms with E-state index in [1.165, 1.54) is 6.07 Å². The van der Waals surface area contributed by atoms with E-state index in [9.17, 15) is 9.90 Å². The van der Waals surface area contributed by atoms with Crippen LogP contribution in [0.2, 0.25) is 0 Å². The van der Waals surface area contributed by atoms with E-state index in [4.69, 9.17) is 0 Å². The van der Waals surface area contributed by atoms with Gasteiger partial charge in [-0.15, -0.1) is 0 Å². The number of imidazole rings is 1. The number of hydrogen-bond acceptors (Lipinski definition) is 3. The Morgan fingerprint density at radius 1 is 1.05 bits per heavy atom. The number of nitrogens with zero attached hydrogens (tertiary/aromatic N) is 2. The Morgan fingerprint density at radius 2 is 1.82 bits per heavy atom. The van der Waals surface area contributed by atoms with Crippen molar-refractivity contribution in [2.45, 2.75) is 56.7 Å². The summed E-state index contributed by atoms with van der Waals surface area (Å²) in [5, 5.41) is 20.4. The van der Waals surface area contributed by atoms with Crippen molar-refractivity contribution >= 4 is 22.5 Å². The van der Waals surface area contributed by atoms with E-state index in [-0.39, 0.29) is 29.3 Å². The summed E-state index contributed by atoms with van der Waals surface area (Å²) in [6, 6.07) is 18.9. The van der Waals surface area contributed by atoms with Crippen LogP contribution in [-0.4, -0.2) is 32.8 Å².